The molecule has 3 nitrogen and oxygen atoms in total. The molecule has 0 aliphatic carbocycles. The van der Waals surface area contributed by atoms with E-state index in [1.807, 2.05) is 12.3 Å². The molecule has 0 unspecified atom stereocenters. The third-order valence-corrected chi connectivity index (χ3v) is 2.60. The van der Waals surface area contributed by atoms with Crippen molar-refractivity contribution in [3.8, 4) is 11.4 Å². The Morgan fingerprint density at radius 2 is 2.27 bits per heavy atom. The lowest BCUT2D eigenvalue weighted by Crippen LogP contribution is -1.90. The molecule has 0 aliphatic heterocycles. The summed E-state index contributed by atoms with van der Waals surface area (Å²) in [5.41, 5.74) is 3.22. The maximum atomic E-state index is 5.72. The Morgan fingerprint density at radius 3 is 2.93 bits per heavy atom. The molecule has 0 bridgehead atoms. The predicted molar refractivity (Wildman–Crippen MR) is 60.8 cm³/mol. The van der Waals surface area contributed by atoms with Gasteiger partial charge in [-0.15, -0.1) is 11.6 Å². The first-order chi connectivity index (χ1) is 7.35. The number of hydrogen-bond donors (Lipinski definition) is 1. The summed E-state index contributed by atoms with van der Waals surface area (Å²) < 4.78 is 0. The van der Waals surface area contributed by atoms with Gasteiger partial charge in [0.1, 0.15) is 5.82 Å². The molecule has 0 fully saturated rings. The van der Waals surface area contributed by atoms with Gasteiger partial charge in [0.15, 0.2) is 0 Å². The number of aromatic nitrogens is 3. The van der Waals surface area contributed by atoms with Gasteiger partial charge in [-0.2, -0.15) is 0 Å². The summed E-state index contributed by atoms with van der Waals surface area (Å²) in [6.45, 7) is 2.10. The Kier molecular flexibility index (Phi) is 3.02. The molecule has 4 heteroatoms. The van der Waals surface area contributed by atoms with Gasteiger partial charge in [-0.05, 0) is 18.1 Å². The van der Waals surface area contributed by atoms with E-state index in [0.717, 1.165) is 23.5 Å². The second-order valence-electron chi connectivity index (χ2n) is 3.28. The summed E-state index contributed by atoms with van der Waals surface area (Å²) in [7, 11) is 0. The van der Waals surface area contributed by atoms with Gasteiger partial charge in [-0.1, -0.05) is 6.92 Å². The summed E-state index contributed by atoms with van der Waals surface area (Å²) in [5.74, 6) is 1.32. The van der Waals surface area contributed by atoms with Crippen LogP contribution in [0, 0.1) is 0 Å². The van der Waals surface area contributed by atoms with Crippen molar-refractivity contribution in [1.29, 1.82) is 0 Å². The summed E-state index contributed by atoms with van der Waals surface area (Å²) in [6.07, 6.45) is 6.36. The number of aryl methyl sites for hydroxylation is 1. The number of pyridine rings is 1. The Balaban J connectivity index is 2.44. The van der Waals surface area contributed by atoms with Crippen molar-refractivity contribution in [3.05, 3.63) is 35.9 Å². The number of hydrogen-bond acceptors (Lipinski definition) is 2. The van der Waals surface area contributed by atoms with Gasteiger partial charge >= 0.3 is 0 Å². The Hall–Kier alpha value is -1.35. The van der Waals surface area contributed by atoms with Crippen LogP contribution < -0.4 is 0 Å². The molecule has 0 aromatic carbocycles. The van der Waals surface area contributed by atoms with Crippen LogP contribution in [0.4, 0.5) is 0 Å². The molecule has 0 aliphatic rings. The summed E-state index contributed by atoms with van der Waals surface area (Å²) in [5, 5.41) is 0. The first-order valence-electron chi connectivity index (χ1n) is 4.88. The summed E-state index contributed by atoms with van der Waals surface area (Å²) >= 11 is 5.72. The fraction of sp³-hybridized carbons (Fsp3) is 0.273. The van der Waals surface area contributed by atoms with Crippen molar-refractivity contribution in [2.45, 2.75) is 19.2 Å². The molecule has 0 atom stereocenters. The van der Waals surface area contributed by atoms with Crippen LogP contribution in [0.15, 0.2) is 24.7 Å². The van der Waals surface area contributed by atoms with Crippen molar-refractivity contribution in [2.24, 2.45) is 0 Å². The highest BCUT2D eigenvalue weighted by atomic mass is 35.5. The van der Waals surface area contributed by atoms with Gasteiger partial charge in [0, 0.05) is 29.8 Å². The number of imidazole rings is 1. The van der Waals surface area contributed by atoms with E-state index in [-0.39, 0.29) is 0 Å². The SMILES string of the molecule is CCc1cnccc1-c1ncc(CCl)[nH]1. The van der Waals surface area contributed by atoms with Crippen LogP contribution in [0.2, 0.25) is 0 Å². The lowest BCUT2D eigenvalue weighted by Gasteiger charge is -2.03. The number of aromatic amines is 1. The average Bonchev–Trinajstić information content (AvgIpc) is 2.77. The molecule has 15 heavy (non-hydrogen) atoms. The minimum absolute atomic E-state index is 0.458. The molecular formula is C11H12ClN3. The van der Waals surface area contributed by atoms with Crippen LogP contribution in [0.3, 0.4) is 0 Å². The van der Waals surface area contributed by atoms with E-state index in [1.54, 1.807) is 12.4 Å². The molecule has 2 heterocycles. The van der Waals surface area contributed by atoms with Gasteiger partial charge in [-0.3, -0.25) is 4.98 Å². The predicted octanol–water partition coefficient (Wildman–Crippen LogP) is 2.77. The fourth-order valence-corrected chi connectivity index (χ4v) is 1.64. The fourth-order valence-electron chi connectivity index (χ4n) is 1.50. The second kappa shape index (κ2) is 4.45. The monoisotopic (exact) mass is 221 g/mol. The smallest absolute Gasteiger partial charge is 0.137 e. The minimum atomic E-state index is 0.458. The molecule has 0 spiro atoms. The van der Waals surface area contributed by atoms with E-state index in [4.69, 9.17) is 11.6 Å². The molecule has 0 amide bonds. The van der Waals surface area contributed by atoms with E-state index >= 15 is 0 Å². The van der Waals surface area contributed by atoms with Gasteiger partial charge in [0.25, 0.3) is 0 Å². The topological polar surface area (TPSA) is 41.6 Å². The van der Waals surface area contributed by atoms with Gasteiger partial charge in [-0.25, -0.2) is 4.98 Å². The van der Waals surface area contributed by atoms with Crippen molar-refractivity contribution >= 4 is 11.6 Å². The Bertz CT molecular complexity index is 451. The van der Waals surface area contributed by atoms with Crippen LogP contribution in [-0.2, 0) is 12.3 Å². The normalized spacial score (nSPS) is 10.5. The molecule has 0 saturated heterocycles. The highest BCUT2D eigenvalue weighted by molar-refractivity contribution is 6.16. The summed E-state index contributed by atoms with van der Waals surface area (Å²) in [4.78, 5) is 11.6. The van der Waals surface area contributed by atoms with Crippen molar-refractivity contribution < 1.29 is 0 Å². The number of rotatable bonds is 3. The lowest BCUT2D eigenvalue weighted by atomic mass is 10.1. The van der Waals surface area contributed by atoms with Crippen LogP contribution in [-0.4, -0.2) is 15.0 Å². The van der Waals surface area contributed by atoms with Gasteiger partial charge in [0.05, 0.1) is 5.88 Å². The minimum Gasteiger partial charge on any atom is -0.341 e. The summed E-state index contributed by atoms with van der Waals surface area (Å²) in [6, 6.07) is 1.97. The standard InChI is InChI=1S/C11H12ClN3/c1-2-8-6-13-4-3-10(8)11-14-7-9(5-12)15-11/h3-4,6-7H,2,5H2,1H3,(H,14,15). The third kappa shape index (κ3) is 2.02. The number of nitrogens with one attached hydrogen (secondary N) is 1. The van der Waals surface area contributed by atoms with E-state index in [9.17, 15) is 0 Å². The van der Waals surface area contributed by atoms with Crippen LogP contribution >= 0.6 is 11.6 Å². The largest absolute Gasteiger partial charge is 0.341 e. The van der Waals surface area contributed by atoms with Crippen LogP contribution in [0.1, 0.15) is 18.2 Å². The van der Waals surface area contributed by atoms with Crippen molar-refractivity contribution in [1.82, 2.24) is 15.0 Å². The molecule has 2 aromatic rings. The highest BCUT2D eigenvalue weighted by Gasteiger charge is 2.06. The molecule has 0 saturated carbocycles. The zero-order chi connectivity index (χ0) is 10.7. The molecule has 2 rings (SSSR count). The first kappa shape index (κ1) is 10.2. The number of alkyl halides is 1. The van der Waals surface area contributed by atoms with Gasteiger partial charge < -0.3 is 4.98 Å². The molecule has 2 aromatic heterocycles. The maximum Gasteiger partial charge on any atom is 0.137 e. The first-order valence-corrected chi connectivity index (χ1v) is 5.41. The van der Waals surface area contributed by atoms with Crippen molar-refractivity contribution in [2.75, 3.05) is 0 Å². The Morgan fingerprint density at radius 1 is 1.40 bits per heavy atom. The van der Waals surface area contributed by atoms with E-state index in [1.165, 1.54) is 5.56 Å². The van der Waals surface area contributed by atoms with Crippen LogP contribution in [0.25, 0.3) is 11.4 Å². The molecule has 78 valence electrons. The molecule has 0 radical (unpaired) electrons. The van der Waals surface area contributed by atoms with Crippen molar-refractivity contribution in [3.63, 3.8) is 0 Å². The quantitative estimate of drug-likeness (QED) is 0.810. The average molecular weight is 222 g/mol. The van der Waals surface area contributed by atoms with Gasteiger partial charge in [0.2, 0.25) is 0 Å². The maximum absolute atomic E-state index is 5.72. The zero-order valence-corrected chi connectivity index (χ0v) is 9.25. The van der Waals surface area contributed by atoms with E-state index in [0.29, 0.717) is 5.88 Å². The Labute approximate surface area is 93.5 Å². The number of halogens is 1. The highest BCUT2D eigenvalue weighted by Crippen LogP contribution is 2.20. The second-order valence-corrected chi connectivity index (χ2v) is 3.54. The van der Waals surface area contributed by atoms with Crippen LogP contribution in [0.5, 0.6) is 0 Å². The third-order valence-electron chi connectivity index (χ3n) is 2.31. The number of nitrogens with zero attached hydrogens (tertiary/aromatic N) is 2. The zero-order valence-electron chi connectivity index (χ0n) is 8.50. The van der Waals surface area contributed by atoms with E-state index < -0.39 is 0 Å². The van der Waals surface area contributed by atoms with E-state index in [2.05, 4.69) is 21.9 Å². The number of H-pyrrole nitrogens is 1. The lowest BCUT2D eigenvalue weighted by molar-refractivity contribution is 1.09. The molecule has 1 N–H and O–H groups in total. The molecular weight excluding hydrogens is 210 g/mol.